The van der Waals surface area contributed by atoms with Crippen molar-refractivity contribution in [2.45, 2.75) is 56.5 Å². The number of nitrogens with one attached hydrogen (secondary N) is 2. The summed E-state index contributed by atoms with van der Waals surface area (Å²) in [6.45, 7) is 1.69. The normalized spacial score (nSPS) is 20.0. The molecule has 2 N–H and O–H groups in total. The number of carbonyl (C=O) groups excluding carboxylic acids is 1. The van der Waals surface area contributed by atoms with Crippen LogP contribution in [0.4, 0.5) is 17.6 Å². The summed E-state index contributed by atoms with van der Waals surface area (Å²) in [6, 6.07) is 3.35. The molecular formula is C22H20F4N4O2. The lowest BCUT2D eigenvalue weighted by molar-refractivity contribution is -0.104. The molecule has 2 aliphatic carbocycles. The average Bonchev–Trinajstić information content (AvgIpc) is 3.31. The number of carbonyl (C=O) groups is 1. The Kier molecular flexibility index (Phi) is 4.48. The van der Waals surface area contributed by atoms with Crippen molar-refractivity contribution in [1.82, 2.24) is 20.1 Å². The van der Waals surface area contributed by atoms with Crippen LogP contribution >= 0.6 is 0 Å². The number of hydrogen-bond acceptors (Lipinski definition) is 3. The van der Waals surface area contributed by atoms with Gasteiger partial charge in [-0.15, -0.1) is 0 Å². The maximum absolute atomic E-state index is 14.1. The highest BCUT2D eigenvalue weighted by Crippen LogP contribution is 2.45. The van der Waals surface area contributed by atoms with E-state index in [1.807, 2.05) is 0 Å². The number of hydrogen-bond donors (Lipinski definition) is 2. The van der Waals surface area contributed by atoms with E-state index in [0.29, 0.717) is 11.1 Å². The van der Waals surface area contributed by atoms with Crippen molar-refractivity contribution in [3.05, 3.63) is 63.2 Å². The second kappa shape index (κ2) is 6.91. The second-order valence-corrected chi connectivity index (χ2v) is 8.60. The van der Waals surface area contributed by atoms with Crippen LogP contribution in [0.15, 0.2) is 35.4 Å². The number of pyridine rings is 1. The number of aromatic amines is 1. The van der Waals surface area contributed by atoms with E-state index in [9.17, 15) is 27.2 Å². The van der Waals surface area contributed by atoms with Crippen LogP contribution in [0.25, 0.3) is 10.9 Å². The Labute approximate surface area is 179 Å². The van der Waals surface area contributed by atoms with Gasteiger partial charge >= 0.3 is 0 Å². The molecule has 168 valence electrons. The van der Waals surface area contributed by atoms with Gasteiger partial charge in [-0.1, -0.05) is 18.2 Å². The van der Waals surface area contributed by atoms with Gasteiger partial charge in [0, 0.05) is 37.1 Å². The molecule has 0 bridgehead atoms. The van der Waals surface area contributed by atoms with Gasteiger partial charge in [-0.2, -0.15) is 5.10 Å². The summed E-state index contributed by atoms with van der Waals surface area (Å²) in [5.74, 6) is -6.28. The smallest absolute Gasteiger partial charge is 0.273 e. The molecule has 2 heterocycles. The Hall–Kier alpha value is -3.17. The minimum Gasteiger partial charge on any atom is -0.345 e. The third kappa shape index (κ3) is 3.20. The minimum absolute atomic E-state index is 0.0217. The molecule has 6 nitrogen and oxygen atoms in total. The van der Waals surface area contributed by atoms with Gasteiger partial charge < -0.3 is 9.88 Å². The molecule has 0 unspecified atom stereocenters. The Morgan fingerprint density at radius 3 is 2.75 bits per heavy atom. The first-order valence-corrected chi connectivity index (χ1v) is 10.3. The molecule has 0 radical (unpaired) electrons. The molecule has 0 aliphatic heterocycles. The third-order valence-electron chi connectivity index (χ3n) is 6.46. The van der Waals surface area contributed by atoms with Crippen LogP contribution < -0.4 is 10.9 Å². The number of halogens is 4. The van der Waals surface area contributed by atoms with Gasteiger partial charge in [-0.05, 0) is 24.5 Å². The predicted octanol–water partition coefficient (Wildman–Crippen LogP) is 4.22. The lowest BCUT2D eigenvalue weighted by Crippen LogP contribution is -2.41. The van der Waals surface area contributed by atoms with Crippen LogP contribution in [-0.2, 0) is 12.3 Å². The molecule has 1 saturated carbocycles. The highest BCUT2D eigenvalue weighted by Gasteiger charge is 2.47. The molecule has 2 aromatic heterocycles. The van der Waals surface area contributed by atoms with Crippen molar-refractivity contribution in [3.63, 3.8) is 0 Å². The largest absolute Gasteiger partial charge is 0.345 e. The first-order valence-electron chi connectivity index (χ1n) is 10.3. The molecule has 1 aromatic carbocycles. The Morgan fingerprint density at radius 1 is 1.28 bits per heavy atom. The van der Waals surface area contributed by atoms with E-state index in [4.69, 9.17) is 0 Å². The fraction of sp³-hybridized carbons (Fsp3) is 0.409. The van der Waals surface area contributed by atoms with Crippen LogP contribution in [0.2, 0.25) is 0 Å². The van der Waals surface area contributed by atoms with Gasteiger partial charge in [0.05, 0.1) is 28.7 Å². The summed E-state index contributed by atoms with van der Waals surface area (Å²) in [4.78, 5) is 25.8. The van der Waals surface area contributed by atoms with Crippen molar-refractivity contribution < 1.29 is 22.4 Å². The number of benzene rings is 1. The number of alkyl halides is 4. The van der Waals surface area contributed by atoms with E-state index in [0.717, 1.165) is 4.57 Å². The van der Waals surface area contributed by atoms with Crippen molar-refractivity contribution in [3.8, 4) is 0 Å². The van der Waals surface area contributed by atoms with E-state index in [-0.39, 0.29) is 34.9 Å². The Bertz CT molecular complexity index is 1290. The highest BCUT2D eigenvalue weighted by atomic mass is 19.3. The quantitative estimate of drug-likeness (QED) is 0.587. The molecule has 1 fully saturated rings. The third-order valence-corrected chi connectivity index (χ3v) is 6.46. The molecule has 0 spiro atoms. The summed E-state index contributed by atoms with van der Waals surface area (Å²) in [6.07, 6.45) is 1.53. The zero-order valence-corrected chi connectivity index (χ0v) is 17.1. The van der Waals surface area contributed by atoms with E-state index < -0.39 is 48.2 Å². The topological polar surface area (TPSA) is 79.8 Å². The maximum Gasteiger partial charge on any atom is 0.273 e. The van der Waals surface area contributed by atoms with Crippen molar-refractivity contribution >= 4 is 16.8 Å². The van der Waals surface area contributed by atoms with Crippen LogP contribution in [0.3, 0.4) is 0 Å². The van der Waals surface area contributed by atoms with Gasteiger partial charge in [0.2, 0.25) is 0 Å². The highest BCUT2D eigenvalue weighted by molar-refractivity contribution is 6.05. The zero-order valence-electron chi connectivity index (χ0n) is 17.1. The molecule has 2 aliphatic rings. The standard InChI is InChI=1S/C22H20F4N4O2/c1-11(13-3-2-4-17-14(13)5-6-22(17,25)26)28-19(31)16-10-30(12-7-21(23,24)8-12)20(32)15-9-27-29-18(15)16/h2-4,9-12H,5-8H2,1H3,(H,27,29)(H,28,31)/t11-/m1/s1. The molecule has 1 atom stereocenters. The molecule has 0 saturated heterocycles. The molecule has 1 amide bonds. The lowest BCUT2D eigenvalue weighted by atomic mass is 9.87. The number of rotatable bonds is 4. The number of fused-ring (bicyclic) bond motifs is 2. The maximum atomic E-state index is 14.1. The summed E-state index contributed by atoms with van der Waals surface area (Å²) < 4.78 is 56.1. The van der Waals surface area contributed by atoms with E-state index in [1.165, 1.54) is 18.5 Å². The monoisotopic (exact) mass is 448 g/mol. The van der Waals surface area contributed by atoms with E-state index >= 15 is 0 Å². The van der Waals surface area contributed by atoms with Crippen molar-refractivity contribution in [1.29, 1.82) is 0 Å². The fourth-order valence-electron chi connectivity index (χ4n) is 4.73. The molecule has 10 heteroatoms. The van der Waals surface area contributed by atoms with Crippen molar-refractivity contribution in [2.24, 2.45) is 0 Å². The molecule has 3 aromatic rings. The minimum atomic E-state index is -2.89. The average molecular weight is 448 g/mol. The summed E-state index contributed by atoms with van der Waals surface area (Å²) in [5, 5.41) is 9.37. The Morgan fingerprint density at radius 2 is 2.03 bits per heavy atom. The number of H-pyrrole nitrogens is 1. The van der Waals surface area contributed by atoms with Gasteiger partial charge in [0.1, 0.15) is 0 Å². The number of amides is 1. The van der Waals surface area contributed by atoms with Gasteiger partial charge in [-0.25, -0.2) is 17.6 Å². The summed E-state index contributed by atoms with van der Waals surface area (Å²) in [5.41, 5.74) is 0.886. The predicted molar refractivity (Wildman–Crippen MR) is 108 cm³/mol. The van der Waals surface area contributed by atoms with Gasteiger partial charge in [0.25, 0.3) is 23.3 Å². The SMILES string of the molecule is C[C@@H](NC(=O)c1cn(C2CC(F)(F)C2)c(=O)c2cn[nH]c12)c1cccc2c1CCC2(F)F. The Balaban J connectivity index is 1.48. The first kappa shape index (κ1) is 20.7. The van der Waals surface area contributed by atoms with Crippen LogP contribution in [0.1, 0.15) is 65.3 Å². The van der Waals surface area contributed by atoms with E-state index in [1.54, 1.807) is 19.1 Å². The molecule has 5 rings (SSSR count). The lowest BCUT2D eigenvalue weighted by Gasteiger charge is -2.36. The van der Waals surface area contributed by atoms with Crippen LogP contribution in [0.5, 0.6) is 0 Å². The van der Waals surface area contributed by atoms with Gasteiger partial charge in [0.15, 0.2) is 0 Å². The van der Waals surface area contributed by atoms with Crippen molar-refractivity contribution in [2.75, 3.05) is 0 Å². The molecule has 32 heavy (non-hydrogen) atoms. The zero-order chi connectivity index (χ0) is 22.8. The summed E-state index contributed by atoms with van der Waals surface area (Å²) in [7, 11) is 0. The molecular weight excluding hydrogens is 428 g/mol. The number of nitrogens with zero attached hydrogens (tertiary/aromatic N) is 2. The van der Waals surface area contributed by atoms with Gasteiger partial charge in [-0.3, -0.25) is 14.7 Å². The van der Waals surface area contributed by atoms with Crippen LogP contribution in [0, 0.1) is 0 Å². The summed E-state index contributed by atoms with van der Waals surface area (Å²) >= 11 is 0. The second-order valence-electron chi connectivity index (χ2n) is 8.60. The van der Waals surface area contributed by atoms with E-state index in [2.05, 4.69) is 15.5 Å². The number of aromatic nitrogens is 3. The first-order chi connectivity index (χ1) is 15.1. The van der Waals surface area contributed by atoms with Crippen LogP contribution in [-0.4, -0.2) is 26.6 Å². The fourth-order valence-corrected chi connectivity index (χ4v) is 4.73.